The maximum Gasteiger partial charge on any atom is 0.343 e. The summed E-state index contributed by atoms with van der Waals surface area (Å²) in [6.07, 6.45) is 9.37. The second-order valence-electron chi connectivity index (χ2n) is 10.6. The minimum absolute atomic E-state index is 0.281. The number of hydrogen-bond donors (Lipinski definition) is 0. The van der Waals surface area contributed by atoms with Gasteiger partial charge in [-0.15, -0.1) is 0 Å². The molecule has 0 aliphatic rings. The molecule has 0 fully saturated rings. The van der Waals surface area contributed by atoms with Crippen molar-refractivity contribution in [3.8, 4) is 23.0 Å². The molecule has 254 valence electrons. The molecule has 0 N–H and O–H groups in total. The van der Waals surface area contributed by atoms with Gasteiger partial charge >= 0.3 is 23.9 Å². The minimum Gasteiger partial charge on any atom is -0.494 e. The van der Waals surface area contributed by atoms with Gasteiger partial charge < -0.3 is 28.4 Å². The Morgan fingerprint density at radius 2 is 0.750 bits per heavy atom. The molecular weight excluding hydrogens is 616 g/mol. The van der Waals surface area contributed by atoms with Crippen molar-refractivity contribution >= 4 is 23.9 Å². The van der Waals surface area contributed by atoms with Crippen molar-refractivity contribution in [1.82, 2.24) is 0 Å². The zero-order valence-corrected chi connectivity index (χ0v) is 27.1. The first-order valence-corrected chi connectivity index (χ1v) is 16.0. The molecule has 0 aliphatic heterocycles. The molecule has 0 saturated carbocycles. The van der Waals surface area contributed by atoms with Crippen LogP contribution < -0.4 is 18.9 Å². The summed E-state index contributed by atoms with van der Waals surface area (Å²) in [7, 11) is 0. The van der Waals surface area contributed by atoms with Gasteiger partial charge in [0.15, 0.2) is 0 Å². The van der Waals surface area contributed by atoms with Gasteiger partial charge in [0.2, 0.25) is 0 Å². The summed E-state index contributed by atoms with van der Waals surface area (Å²) >= 11 is 0. The normalized spacial score (nSPS) is 10.3. The highest BCUT2D eigenvalue weighted by Gasteiger charge is 2.13. The number of unbranched alkanes of at least 4 members (excludes halogenated alkanes) is 6. The minimum atomic E-state index is -0.563. The lowest BCUT2D eigenvalue weighted by Crippen LogP contribution is -2.11. The number of carbonyl (C=O) groups excluding carboxylic acids is 4. The van der Waals surface area contributed by atoms with E-state index in [0.717, 1.165) is 63.5 Å². The molecule has 0 spiro atoms. The Bertz CT molecular complexity index is 1350. The Morgan fingerprint density at radius 1 is 0.438 bits per heavy atom. The molecule has 3 rings (SSSR count). The molecule has 0 heterocycles. The molecule has 3 aromatic carbocycles. The molecule has 0 radical (unpaired) electrons. The Labute approximate surface area is 281 Å². The van der Waals surface area contributed by atoms with Crippen LogP contribution in [0.15, 0.2) is 98.1 Å². The lowest BCUT2D eigenvalue weighted by atomic mass is 10.1. The molecule has 10 nitrogen and oxygen atoms in total. The van der Waals surface area contributed by atoms with Gasteiger partial charge in [0, 0.05) is 12.2 Å². The predicted octanol–water partition coefficient (Wildman–Crippen LogP) is 7.46. The van der Waals surface area contributed by atoms with Gasteiger partial charge in [0.1, 0.15) is 23.0 Å². The van der Waals surface area contributed by atoms with Crippen molar-refractivity contribution in [2.45, 2.75) is 51.4 Å². The fourth-order valence-corrected chi connectivity index (χ4v) is 4.24. The van der Waals surface area contributed by atoms with Crippen LogP contribution in [0.3, 0.4) is 0 Å². The van der Waals surface area contributed by atoms with Gasteiger partial charge in [-0.3, -0.25) is 0 Å². The van der Waals surface area contributed by atoms with Crippen molar-refractivity contribution in [2.75, 3.05) is 26.4 Å². The van der Waals surface area contributed by atoms with Crippen LogP contribution in [-0.4, -0.2) is 50.3 Å². The van der Waals surface area contributed by atoms with Crippen LogP contribution >= 0.6 is 0 Å². The highest BCUT2D eigenvalue weighted by atomic mass is 16.5. The summed E-state index contributed by atoms with van der Waals surface area (Å²) in [5, 5.41) is 0. The van der Waals surface area contributed by atoms with E-state index in [4.69, 9.17) is 28.4 Å². The maximum atomic E-state index is 12.6. The molecule has 10 heteroatoms. The third kappa shape index (κ3) is 14.4. The Balaban J connectivity index is 1.32. The van der Waals surface area contributed by atoms with Crippen molar-refractivity contribution in [2.24, 2.45) is 0 Å². The van der Waals surface area contributed by atoms with Gasteiger partial charge in [0.05, 0.1) is 37.6 Å². The van der Waals surface area contributed by atoms with Crippen LogP contribution in [0.25, 0.3) is 0 Å². The van der Waals surface area contributed by atoms with Crippen LogP contribution in [0.5, 0.6) is 23.0 Å². The van der Waals surface area contributed by atoms with Gasteiger partial charge in [-0.25, -0.2) is 19.2 Å². The average Bonchev–Trinajstić information content (AvgIpc) is 3.11. The van der Waals surface area contributed by atoms with Crippen molar-refractivity contribution in [3.05, 3.63) is 109 Å². The number of ether oxygens (including phenoxy) is 6. The molecule has 0 aromatic heterocycles. The highest BCUT2D eigenvalue weighted by molar-refractivity contribution is 5.95. The fourth-order valence-electron chi connectivity index (χ4n) is 4.24. The SMILES string of the molecule is C=CC(=O)OCCCCCCOc1ccc(OC(=O)c2ccc(C(=O)Oc3ccc(OCCCCCCOC(=O)C=C)cc3)cc2)cc1. The molecule has 3 aromatic rings. The quantitative estimate of drug-likeness (QED) is 0.0465. The van der Waals surface area contributed by atoms with E-state index in [1.807, 2.05) is 0 Å². The van der Waals surface area contributed by atoms with Crippen molar-refractivity contribution in [3.63, 3.8) is 0 Å². The van der Waals surface area contributed by atoms with Gasteiger partial charge in [-0.1, -0.05) is 13.2 Å². The van der Waals surface area contributed by atoms with E-state index in [0.29, 0.717) is 49.4 Å². The Morgan fingerprint density at radius 3 is 1.08 bits per heavy atom. The van der Waals surface area contributed by atoms with E-state index < -0.39 is 23.9 Å². The molecule has 0 unspecified atom stereocenters. The molecule has 0 amide bonds. The molecule has 0 saturated heterocycles. The van der Waals surface area contributed by atoms with E-state index in [2.05, 4.69) is 13.2 Å². The third-order valence-electron chi connectivity index (χ3n) is 6.86. The first-order valence-electron chi connectivity index (χ1n) is 16.0. The Hall–Kier alpha value is -5.38. The second kappa shape index (κ2) is 21.4. The van der Waals surface area contributed by atoms with E-state index in [9.17, 15) is 19.2 Å². The summed E-state index contributed by atoms with van der Waals surface area (Å²) in [5.41, 5.74) is 0.563. The number of rotatable bonds is 22. The van der Waals surface area contributed by atoms with Crippen LogP contribution in [0, 0.1) is 0 Å². The molecular formula is C38H42O10. The van der Waals surface area contributed by atoms with E-state index in [-0.39, 0.29) is 11.1 Å². The summed E-state index contributed by atoms with van der Waals surface area (Å²) in [6.45, 7) is 8.58. The largest absolute Gasteiger partial charge is 0.494 e. The zero-order chi connectivity index (χ0) is 34.4. The Kier molecular flexibility index (Phi) is 16.5. The fraction of sp³-hybridized carbons (Fsp3) is 0.316. The third-order valence-corrected chi connectivity index (χ3v) is 6.86. The topological polar surface area (TPSA) is 124 Å². The number of carbonyl (C=O) groups is 4. The lowest BCUT2D eigenvalue weighted by molar-refractivity contribution is -0.138. The first kappa shape index (κ1) is 37.1. The van der Waals surface area contributed by atoms with Crippen LogP contribution in [-0.2, 0) is 19.1 Å². The predicted molar refractivity (Wildman–Crippen MR) is 179 cm³/mol. The number of benzene rings is 3. The van der Waals surface area contributed by atoms with E-state index in [1.165, 1.54) is 24.3 Å². The van der Waals surface area contributed by atoms with Gasteiger partial charge in [0.25, 0.3) is 0 Å². The second-order valence-corrected chi connectivity index (χ2v) is 10.6. The average molecular weight is 659 g/mol. The smallest absolute Gasteiger partial charge is 0.343 e. The van der Waals surface area contributed by atoms with Crippen molar-refractivity contribution < 1.29 is 47.6 Å². The monoisotopic (exact) mass is 658 g/mol. The highest BCUT2D eigenvalue weighted by Crippen LogP contribution is 2.21. The van der Waals surface area contributed by atoms with Gasteiger partial charge in [-0.2, -0.15) is 0 Å². The zero-order valence-electron chi connectivity index (χ0n) is 27.1. The summed E-state index contributed by atoms with van der Waals surface area (Å²) in [6, 6.07) is 19.5. The molecule has 0 aliphatic carbocycles. The summed E-state index contributed by atoms with van der Waals surface area (Å²) < 4.78 is 32.3. The van der Waals surface area contributed by atoms with Gasteiger partial charge in [-0.05, 0) is 124 Å². The molecule has 48 heavy (non-hydrogen) atoms. The van der Waals surface area contributed by atoms with E-state index >= 15 is 0 Å². The summed E-state index contributed by atoms with van der Waals surface area (Å²) in [4.78, 5) is 47.3. The van der Waals surface area contributed by atoms with Crippen LogP contribution in [0.2, 0.25) is 0 Å². The van der Waals surface area contributed by atoms with E-state index in [1.54, 1.807) is 48.5 Å². The van der Waals surface area contributed by atoms with Crippen LogP contribution in [0.4, 0.5) is 0 Å². The molecule has 0 bridgehead atoms. The maximum absolute atomic E-state index is 12.6. The number of hydrogen-bond acceptors (Lipinski definition) is 10. The standard InChI is InChI=1S/C38H42O10/c1-3-35(39)45-27-11-7-5-9-25-43-31-17-21-33(22-18-31)47-37(41)29-13-15-30(16-14-29)38(42)48-34-23-19-32(20-24-34)44-26-10-6-8-12-28-46-36(40)4-2/h3-4,13-24H,1-2,5-12,25-28H2. The lowest BCUT2D eigenvalue weighted by Gasteiger charge is -2.09. The molecule has 0 atom stereocenters. The first-order chi connectivity index (χ1) is 23.4. The number of esters is 4. The van der Waals surface area contributed by atoms with Crippen molar-refractivity contribution in [1.29, 1.82) is 0 Å². The summed E-state index contributed by atoms with van der Waals surface area (Å²) in [5.74, 6) is 0.110. The van der Waals surface area contributed by atoms with Crippen LogP contribution in [0.1, 0.15) is 72.1 Å².